The maximum absolute atomic E-state index is 7.24. The number of rotatable bonds is 7. The lowest BCUT2D eigenvalue weighted by molar-refractivity contribution is 0.660. The van der Waals surface area contributed by atoms with Gasteiger partial charge in [-0.05, 0) is 122 Å². The minimum Gasteiger partial charge on any atom is -0.453 e. The van der Waals surface area contributed by atoms with Crippen molar-refractivity contribution in [2.75, 3.05) is 4.90 Å². The summed E-state index contributed by atoms with van der Waals surface area (Å²) in [6, 6.07) is 88.4. The number of anilines is 3. The smallest absolute Gasteiger partial charge is 0.159 e. The van der Waals surface area contributed by atoms with Gasteiger partial charge in [0.25, 0.3) is 0 Å². The van der Waals surface area contributed by atoms with Crippen LogP contribution < -0.4 is 4.90 Å². The summed E-state index contributed by atoms with van der Waals surface area (Å²) in [6.45, 7) is 4.70. The SMILES string of the molecule is CC1(C)c2ccccc2-c2ccc(N(c3ccc(-c4ccc(-c5ccc(-n6c7ccccc7c7ccccc76)cc5)cc4)cc3)c3cccc4c3oc3c(-c5ccccc5)cc5ccccc5c34)cc21. The van der Waals surface area contributed by atoms with Crippen molar-refractivity contribution in [3.8, 4) is 50.2 Å². The van der Waals surface area contributed by atoms with E-state index in [1.807, 2.05) is 0 Å². The highest BCUT2D eigenvalue weighted by Crippen LogP contribution is 2.52. The molecule has 330 valence electrons. The van der Waals surface area contributed by atoms with E-state index < -0.39 is 0 Å². The molecule has 2 aromatic heterocycles. The van der Waals surface area contributed by atoms with Gasteiger partial charge in [-0.1, -0.05) is 196 Å². The van der Waals surface area contributed by atoms with Gasteiger partial charge < -0.3 is 13.9 Å². The summed E-state index contributed by atoms with van der Waals surface area (Å²) in [5.41, 5.74) is 20.5. The minimum absolute atomic E-state index is 0.160. The van der Waals surface area contributed by atoms with Gasteiger partial charge in [0.15, 0.2) is 5.58 Å². The largest absolute Gasteiger partial charge is 0.453 e. The summed E-state index contributed by atoms with van der Waals surface area (Å²) in [5, 5.41) is 7.15. The molecular formula is C67H46N2O. The van der Waals surface area contributed by atoms with Crippen LogP contribution in [0.1, 0.15) is 25.0 Å². The van der Waals surface area contributed by atoms with E-state index in [-0.39, 0.29) is 5.41 Å². The van der Waals surface area contributed by atoms with Crippen molar-refractivity contribution in [3.05, 3.63) is 254 Å². The first-order chi connectivity index (χ1) is 34.5. The molecule has 0 N–H and O–H groups in total. The van der Waals surface area contributed by atoms with Gasteiger partial charge in [0.1, 0.15) is 5.58 Å². The number of nitrogens with zero attached hydrogens (tertiary/aromatic N) is 2. The average molecular weight is 895 g/mol. The number of para-hydroxylation sites is 3. The first-order valence-electron chi connectivity index (χ1n) is 24.2. The Bertz CT molecular complexity index is 4120. The fraction of sp³-hybridized carbons (Fsp3) is 0.0448. The van der Waals surface area contributed by atoms with Crippen molar-refractivity contribution in [3.63, 3.8) is 0 Å². The van der Waals surface area contributed by atoms with E-state index in [1.54, 1.807) is 0 Å². The van der Waals surface area contributed by atoms with Crippen LogP contribution in [0.4, 0.5) is 17.1 Å². The van der Waals surface area contributed by atoms with Crippen LogP contribution in [0.3, 0.4) is 0 Å². The van der Waals surface area contributed by atoms with Gasteiger partial charge in [-0.25, -0.2) is 0 Å². The Morgan fingerprint density at radius 1 is 0.371 bits per heavy atom. The zero-order valence-corrected chi connectivity index (χ0v) is 38.9. The van der Waals surface area contributed by atoms with Crippen LogP contribution in [0.15, 0.2) is 247 Å². The molecule has 0 saturated heterocycles. The van der Waals surface area contributed by atoms with Crippen LogP contribution in [-0.2, 0) is 5.41 Å². The van der Waals surface area contributed by atoms with E-state index in [1.165, 1.54) is 71.5 Å². The lowest BCUT2D eigenvalue weighted by Crippen LogP contribution is -2.16. The summed E-state index contributed by atoms with van der Waals surface area (Å²) in [7, 11) is 0. The van der Waals surface area contributed by atoms with E-state index in [0.29, 0.717) is 0 Å². The molecule has 0 radical (unpaired) electrons. The van der Waals surface area contributed by atoms with Crippen LogP contribution in [0.2, 0.25) is 0 Å². The molecule has 1 aliphatic carbocycles. The molecule has 13 aromatic rings. The Morgan fingerprint density at radius 3 is 1.61 bits per heavy atom. The van der Waals surface area contributed by atoms with Crippen molar-refractivity contribution in [2.45, 2.75) is 19.3 Å². The fourth-order valence-electron chi connectivity index (χ4n) is 11.6. The molecule has 2 heterocycles. The second kappa shape index (κ2) is 15.6. The Morgan fingerprint density at radius 2 is 0.914 bits per heavy atom. The average Bonchev–Trinajstić information content (AvgIpc) is 4.05. The summed E-state index contributed by atoms with van der Waals surface area (Å²) in [6.07, 6.45) is 0. The molecule has 0 bridgehead atoms. The monoisotopic (exact) mass is 894 g/mol. The molecule has 14 rings (SSSR count). The predicted octanol–water partition coefficient (Wildman–Crippen LogP) is 18.6. The zero-order valence-electron chi connectivity index (χ0n) is 38.9. The first-order valence-corrected chi connectivity index (χ1v) is 24.2. The highest BCUT2D eigenvalue weighted by Gasteiger charge is 2.36. The Kier molecular flexibility index (Phi) is 8.93. The van der Waals surface area contributed by atoms with Crippen LogP contribution in [0.25, 0.3) is 105 Å². The van der Waals surface area contributed by atoms with Gasteiger partial charge >= 0.3 is 0 Å². The standard InChI is InChI=1S/C67H46N2O/c1-67(2)59-23-11-8-19-53(59)54-40-39-51(42-60(54)67)68(63-26-14-22-57-64-52-18-7-6-17-48(52)41-58(66(64)70-65(57)63)47-15-4-3-5-16-47)49-35-31-45(32-36-49)43-27-29-44(30-28-43)46-33-37-50(38-34-46)69-61-24-12-9-20-55(61)56-21-10-13-25-62(56)69/h3-42H,1-2H3. The molecule has 3 heteroatoms. The molecule has 0 atom stereocenters. The zero-order chi connectivity index (χ0) is 46.5. The van der Waals surface area contributed by atoms with Crippen molar-refractivity contribution < 1.29 is 4.42 Å². The van der Waals surface area contributed by atoms with Gasteiger partial charge in [-0.3, -0.25) is 0 Å². The van der Waals surface area contributed by atoms with Crippen LogP contribution >= 0.6 is 0 Å². The molecule has 0 fully saturated rings. The highest BCUT2D eigenvalue weighted by molar-refractivity contribution is 6.24. The second-order valence-electron chi connectivity index (χ2n) is 19.2. The van der Waals surface area contributed by atoms with Gasteiger partial charge in [-0.15, -0.1) is 0 Å². The molecule has 0 amide bonds. The molecule has 70 heavy (non-hydrogen) atoms. The Labute approximate surface area is 406 Å². The van der Waals surface area contributed by atoms with E-state index in [9.17, 15) is 0 Å². The second-order valence-corrected chi connectivity index (χ2v) is 19.2. The van der Waals surface area contributed by atoms with Crippen LogP contribution in [0, 0.1) is 0 Å². The molecule has 3 nitrogen and oxygen atoms in total. The number of benzene rings is 11. The van der Waals surface area contributed by atoms with Crippen molar-refractivity contribution in [1.29, 1.82) is 0 Å². The fourth-order valence-corrected chi connectivity index (χ4v) is 11.6. The Balaban J connectivity index is 0.860. The topological polar surface area (TPSA) is 21.3 Å². The van der Waals surface area contributed by atoms with Gasteiger partial charge in [0, 0.05) is 49.6 Å². The van der Waals surface area contributed by atoms with Crippen molar-refractivity contribution in [1.82, 2.24) is 4.57 Å². The number of aromatic nitrogens is 1. The lowest BCUT2D eigenvalue weighted by Gasteiger charge is -2.28. The van der Waals surface area contributed by atoms with E-state index in [4.69, 9.17) is 4.42 Å². The molecule has 1 aliphatic rings. The third-order valence-electron chi connectivity index (χ3n) is 15.0. The molecule has 0 spiro atoms. The number of hydrogen-bond donors (Lipinski definition) is 0. The summed E-state index contributed by atoms with van der Waals surface area (Å²) < 4.78 is 9.61. The molecular weight excluding hydrogens is 849 g/mol. The molecule has 11 aromatic carbocycles. The maximum Gasteiger partial charge on any atom is 0.159 e. The first kappa shape index (κ1) is 40.2. The molecule has 0 unspecified atom stereocenters. The van der Waals surface area contributed by atoms with Crippen LogP contribution in [-0.4, -0.2) is 4.57 Å². The number of furan rings is 1. The maximum atomic E-state index is 7.24. The van der Waals surface area contributed by atoms with Gasteiger partial charge in [-0.2, -0.15) is 0 Å². The molecule has 0 aliphatic heterocycles. The number of hydrogen-bond acceptors (Lipinski definition) is 2. The predicted molar refractivity (Wildman–Crippen MR) is 294 cm³/mol. The normalized spacial score (nSPS) is 12.8. The van der Waals surface area contributed by atoms with Crippen molar-refractivity contribution >= 4 is 71.6 Å². The lowest BCUT2D eigenvalue weighted by atomic mass is 9.82. The van der Waals surface area contributed by atoms with E-state index in [0.717, 1.165) is 61.4 Å². The minimum atomic E-state index is -0.160. The molecule has 0 saturated carbocycles. The Hall–Kier alpha value is -8.92. The van der Waals surface area contributed by atoms with E-state index >= 15 is 0 Å². The third kappa shape index (κ3) is 6.15. The summed E-state index contributed by atoms with van der Waals surface area (Å²) in [4.78, 5) is 2.39. The van der Waals surface area contributed by atoms with Crippen molar-refractivity contribution in [2.24, 2.45) is 0 Å². The van der Waals surface area contributed by atoms with Crippen LogP contribution in [0.5, 0.6) is 0 Å². The van der Waals surface area contributed by atoms with Gasteiger partial charge in [0.2, 0.25) is 0 Å². The van der Waals surface area contributed by atoms with Gasteiger partial charge in [0.05, 0.1) is 16.7 Å². The number of fused-ring (bicyclic) bond motifs is 11. The summed E-state index contributed by atoms with van der Waals surface area (Å²) in [5.74, 6) is 0. The quantitative estimate of drug-likeness (QED) is 0.159. The highest BCUT2D eigenvalue weighted by atomic mass is 16.3. The van der Waals surface area contributed by atoms with E-state index in [2.05, 4.69) is 266 Å². The third-order valence-corrected chi connectivity index (χ3v) is 15.0. The summed E-state index contributed by atoms with van der Waals surface area (Å²) >= 11 is 0.